The van der Waals surface area contributed by atoms with Gasteiger partial charge in [0.2, 0.25) is 0 Å². The maximum absolute atomic E-state index is 5.99. The molecular formula is C21H83B15Cl6N22. The first-order valence-electron chi connectivity index (χ1n) is 19.8. The molecule has 4 aliphatic rings. The Morgan fingerprint density at radius 3 is 0.844 bits per heavy atom. The highest BCUT2D eigenvalue weighted by molar-refractivity contribution is 7.21. The average Bonchev–Trinajstić information content (AvgIpc) is 3.15. The van der Waals surface area contributed by atoms with Gasteiger partial charge in [-0.3, -0.25) is 0 Å². The molecule has 0 saturated carbocycles. The zero-order valence-electron chi connectivity index (χ0n) is 39.3. The van der Waals surface area contributed by atoms with Gasteiger partial charge >= 0.3 is 88.2 Å². The zero-order chi connectivity index (χ0) is 47.6. The predicted molar refractivity (Wildman–Crippen MR) is 310 cm³/mol. The van der Waals surface area contributed by atoms with Crippen molar-refractivity contribution in [2.45, 2.75) is 43.3 Å². The van der Waals surface area contributed by atoms with Gasteiger partial charge in [-0.05, 0) is 106 Å². The molecule has 364 valence electrons. The van der Waals surface area contributed by atoms with Crippen LogP contribution in [0.3, 0.4) is 0 Å². The number of nitrogens with one attached hydrogen (secondary N) is 16. The van der Waals surface area contributed by atoms with Gasteiger partial charge in [0.05, 0.1) is 7.85 Å². The summed E-state index contributed by atoms with van der Waals surface area (Å²) in [6.07, 6.45) is -1.72. The highest BCUT2D eigenvalue weighted by Gasteiger charge is 2.41. The van der Waals surface area contributed by atoms with E-state index >= 15 is 0 Å². The van der Waals surface area contributed by atoms with Crippen LogP contribution in [0.1, 0.15) is 31.1 Å². The number of halogens is 6. The van der Waals surface area contributed by atoms with Crippen molar-refractivity contribution in [3.05, 3.63) is 0 Å². The molecular weight excluding hydrogens is 935 g/mol. The van der Waals surface area contributed by atoms with E-state index in [2.05, 4.69) is 147 Å². The van der Waals surface area contributed by atoms with Crippen LogP contribution in [0.5, 0.6) is 0 Å². The number of nitrogens with zero attached hydrogens (tertiary/aromatic N) is 6. The van der Waals surface area contributed by atoms with E-state index in [-0.39, 0.29) is 132 Å². The molecule has 4 rings (SSSR count). The normalized spacial score (nSPS) is 16.4. The Hall–Kier alpha value is 1.83. The molecule has 0 atom stereocenters. The Morgan fingerprint density at radius 1 is 0.422 bits per heavy atom. The lowest BCUT2D eigenvalue weighted by Crippen LogP contribution is -2.83. The highest BCUT2D eigenvalue weighted by atomic mass is 35.5. The van der Waals surface area contributed by atoms with Crippen LogP contribution in [0.15, 0.2) is 0 Å². The van der Waals surface area contributed by atoms with Gasteiger partial charge in [0, 0.05) is 1.37 Å². The minimum absolute atomic E-state index is 0. The Labute approximate surface area is 431 Å². The second-order valence-corrected chi connectivity index (χ2v) is 17.0. The van der Waals surface area contributed by atoms with Gasteiger partial charge in [0.1, 0.15) is 0 Å². The summed E-state index contributed by atoms with van der Waals surface area (Å²) >= 11 is 34.7. The minimum Gasteiger partial charge on any atom is -0.357 e. The fourth-order valence-corrected chi connectivity index (χ4v) is 6.91. The lowest BCUT2D eigenvalue weighted by molar-refractivity contribution is 0.544. The first kappa shape index (κ1) is 74.8. The summed E-state index contributed by atoms with van der Waals surface area (Å²) in [4.78, 5) is 10.1. The third-order valence-electron chi connectivity index (χ3n) is 8.31. The van der Waals surface area contributed by atoms with Gasteiger partial charge in [-0.15, -0.1) is 0 Å². The van der Waals surface area contributed by atoms with Gasteiger partial charge in [-0.2, -0.15) is 68.8 Å². The van der Waals surface area contributed by atoms with Crippen LogP contribution < -0.4 is 82.6 Å². The molecule has 0 aromatic rings. The fraction of sp³-hybridized carbons (Fsp3) is 1.00. The maximum Gasteiger partial charge on any atom is 0.395 e. The van der Waals surface area contributed by atoms with Gasteiger partial charge in [0.15, 0.2) is 0 Å². The third kappa shape index (κ3) is 34.2. The lowest BCUT2D eigenvalue weighted by atomic mass is 9.56. The first-order chi connectivity index (χ1) is 28.4. The molecule has 4 aliphatic heterocycles. The molecule has 0 bridgehead atoms. The molecule has 0 aromatic carbocycles. The van der Waals surface area contributed by atoms with Gasteiger partial charge in [-0.1, -0.05) is 43.3 Å². The molecule has 0 aliphatic carbocycles. The quantitative estimate of drug-likeness (QED) is 0.0873. The van der Waals surface area contributed by atoms with Crippen molar-refractivity contribution in [3.8, 4) is 0 Å². The third-order valence-corrected chi connectivity index (χ3v) is 9.82. The molecule has 64 heavy (non-hydrogen) atoms. The van der Waals surface area contributed by atoms with E-state index in [1.807, 2.05) is 84.9 Å². The SMILES string of the molecule is C.C.C.C.CN(C)B1NB(Cl)NB(Cl)N1.CN(C)B1NB(Cl)NB(Cl)N1.CN(C)B1NB(Cl)NB(Cl)N1.CNB(N(C)C)N(C)B1NB(C)NB(N(C)C)N1.CNB(NC)NC.[3H]C[B]. The molecule has 43 heteroatoms. The number of hydrogen-bond donors (Lipinski definition) is 16. The van der Waals surface area contributed by atoms with E-state index in [4.69, 9.17) is 70.1 Å². The summed E-state index contributed by atoms with van der Waals surface area (Å²) < 4.78 is 8.22. The van der Waals surface area contributed by atoms with E-state index in [0.29, 0.717) is 0 Å². The van der Waals surface area contributed by atoms with Crippen molar-refractivity contribution < 1.29 is 1.37 Å². The molecule has 0 aromatic heterocycles. The number of hydrogen-bond acceptors (Lipinski definition) is 22. The van der Waals surface area contributed by atoms with Crippen LogP contribution in [0.25, 0.3) is 0 Å². The molecule has 4 heterocycles. The zero-order valence-corrected chi connectivity index (χ0v) is 42.9. The minimum atomic E-state index is -0.286. The molecule has 4 saturated heterocycles. The van der Waals surface area contributed by atoms with E-state index in [1.165, 1.54) is 0 Å². The standard InChI is InChI=1S/C7H25B4N7.C3H12BN3.3C2H9B3Cl2N4.CH3B.4CH4/c1-8-13-9(16(3)4)15-10(14-8)18(7)11(12-2)17(5)6;1-5-4(6-2)7-3;3*1-11(2)5-9-3(6)8-4(7)10-5;1-2;;;;/h12-15H,1-7H3;5-7H,1-3H3;3*8-10H,1-2H3;1H3;4*1H4/i;;;;;1T;;;;. The van der Waals surface area contributed by atoms with E-state index in [9.17, 15) is 0 Å². The van der Waals surface area contributed by atoms with Gasteiger partial charge in [-0.25, -0.2) is 0 Å². The van der Waals surface area contributed by atoms with Crippen LogP contribution in [-0.4, -0.2) is 238 Å². The molecule has 22 nitrogen and oxygen atoms in total. The van der Waals surface area contributed by atoms with Crippen LogP contribution >= 0.6 is 68.8 Å². The van der Waals surface area contributed by atoms with Crippen molar-refractivity contribution in [3.63, 3.8) is 0 Å². The van der Waals surface area contributed by atoms with Crippen LogP contribution in [0.4, 0.5) is 0 Å². The number of rotatable bonds is 11. The molecule has 2 radical (unpaired) electrons. The van der Waals surface area contributed by atoms with Gasteiger partial charge in [0.25, 0.3) is 6.98 Å². The second kappa shape index (κ2) is 43.6. The second-order valence-electron chi connectivity index (χ2n) is 14.4. The summed E-state index contributed by atoms with van der Waals surface area (Å²) in [6.45, 7) is 2.38. The highest BCUT2D eigenvalue weighted by Crippen LogP contribution is 1.98. The van der Waals surface area contributed by atoms with Crippen molar-refractivity contribution in [1.29, 1.82) is 0 Å². The Balaban J connectivity index is -0.000000167. The van der Waals surface area contributed by atoms with E-state index < -0.39 is 0 Å². The predicted octanol–water partition coefficient (Wildman–Crippen LogP) is -5.22. The van der Waals surface area contributed by atoms with Crippen molar-refractivity contribution in [2.24, 2.45) is 0 Å². The molecule has 0 amide bonds. The van der Waals surface area contributed by atoms with Crippen molar-refractivity contribution >= 4 is 172 Å². The Morgan fingerprint density at radius 2 is 0.656 bits per heavy atom. The van der Waals surface area contributed by atoms with Gasteiger partial charge < -0.3 is 111 Å². The van der Waals surface area contributed by atoms with E-state index in [1.54, 1.807) is 0 Å². The smallest absolute Gasteiger partial charge is 0.357 e. The molecule has 0 spiro atoms. The molecule has 4 fully saturated rings. The summed E-state index contributed by atoms with van der Waals surface area (Å²) in [6, 6.07) is 0. The lowest BCUT2D eigenvalue weighted by Gasteiger charge is -2.40. The van der Waals surface area contributed by atoms with Crippen LogP contribution in [0.2, 0.25) is 13.6 Å². The van der Waals surface area contributed by atoms with Crippen molar-refractivity contribution in [2.75, 3.05) is 106 Å². The summed E-state index contributed by atoms with van der Waals surface area (Å²) in [5, 5.41) is 49.4. The van der Waals surface area contributed by atoms with Crippen LogP contribution in [-0.2, 0) is 0 Å². The molecule has 16 N–H and O–H groups in total. The Kier molecular flexibility index (Phi) is 51.0. The summed E-state index contributed by atoms with van der Waals surface area (Å²) in [7, 11) is 34.8. The topological polar surface area (TPSA) is 212 Å². The first-order valence-corrected chi connectivity index (χ1v) is 21.7. The molecule has 0 unspecified atom stereocenters. The van der Waals surface area contributed by atoms with Crippen LogP contribution in [0, 0.1) is 0 Å². The Bertz CT molecular complexity index is 971. The fourth-order valence-electron chi connectivity index (χ4n) is 5.25. The monoisotopic (exact) mass is 1020 g/mol. The van der Waals surface area contributed by atoms with Crippen molar-refractivity contribution in [1.82, 2.24) is 111 Å². The van der Waals surface area contributed by atoms with E-state index in [0.717, 1.165) is 0 Å². The largest absolute Gasteiger partial charge is 0.395 e. The summed E-state index contributed by atoms with van der Waals surface area (Å²) in [5.41, 5.74) is 0. The summed E-state index contributed by atoms with van der Waals surface area (Å²) in [5.74, 6) is 0. The maximum atomic E-state index is 5.99. The average molecular weight is 1020 g/mol.